The van der Waals surface area contributed by atoms with Crippen molar-refractivity contribution in [2.24, 2.45) is 0 Å². The molecule has 10 heteroatoms. The largest absolute Gasteiger partial charge is 0.416 e. The first-order valence-electron chi connectivity index (χ1n) is 8.95. The molecule has 2 aromatic carbocycles. The number of aromatic nitrogens is 2. The number of halogens is 3. The van der Waals surface area contributed by atoms with Crippen LogP contribution in [0.5, 0.6) is 0 Å². The van der Waals surface area contributed by atoms with E-state index in [0.717, 1.165) is 12.1 Å². The Morgan fingerprint density at radius 1 is 1.23 bits per heavy atom. The lowest BCUT2D eigenvalue weighted by atomic mass is 10.1. The summed E-state index contributed by atoms with van der Waals surface area (Å²) in [5.41, 5.74) is -0.616. The number of anilines is 1. The minimum atomic E-state index is -4.51. The summed E-state index contributed by atoms with van der Waals surface area (Å²) in [5, 5.41) is 2.78. The Balaban J connectivity index is 1.88. The van der Waals surface area contributed by atoms with Crippen LogP contribution < -0.4 is 10.9 Å². The van der Waals surface area contributed by atoms with Gasteiger partial charge in [-0.3, -0.25) is 14.2 Å². The fraction of sp³-hybridized carbons (Fsp3) is 0.250. The van der Waals surface area contributed by atoms with Gasteiger partial charge in [-0.2, -0.15) is 13.2 Å². The van der Waals surface area contributed by atoms with Crippen molar-refractivity contribution in [2.75, 3.05) is 19.0 Å². The average Bonchev–Trinajstić information content (AvgIpc) is 2.69. The Morgan fingerprint density at radius 3 is 2.70 bits per heavy atom. The van der Waals surface area contributed by atoms with Crippen molar-refractivity contribution in [1.82, 2.24) is 9.55 Å². The van der Waals surface area contributed by atoms with Gasteiger partial charge in [0.25, 0.3) is 11.5 Å². The van der Waals surface area contributed by atoms with Crippen molar-refractivity contribution in [2.45, 2.75) is 19.1 Å². The molecule has 0 unspecified atom stereocenters. The lowest BCUT2D eigenvalue weighted by Crippen LogP contribution is -2.23. The number of H-pyrrole nitrogens is 1. The number of amides is 1. The molecule has 30 heavy (non-hydrogen) atoms. The molecule has 0 radical (unpaired) electrons. The molecule has 1 aromatic heterocycles. The molecule has 0 fully saturated rings. The smallest absolute Gasteiger partial charge is 0.385 e. The van der Waals surface area contributed by atoms with Gasteiger partial charge < -0.3 is 15.0 Å². The van der Waals surface area contributed by atoms with Crippen LogP contribution in [-0.2, 0) is 17.5 Å². The molecule has 2 N–H and O–H groups in total. The maximum Gasteiger partial charge on any atom is 0.416 e. The standard InChI is InChI=1S/C20H18F3N3O3S/c1-29-9-3-8-26-18(28)15-7-6-12(10-16(15)25-19(26)30)17(27)24-14-5-2-4-13(11-14)20(21,22)23/h2,4-7,10-11H,3,8-9H2,1H3,(H,24,27)(H,25,30). The minimum absolute atomic E-state index is 0.0106. The van der Waals surface area contributed by atoms with E-state index < -0.39 is 17.6 Å². The maximum absolute atomic E-state index is 12.8. The van der Waals surface area contributed by atoms with Crippen LogP contribution in [0, 0.1) is 4.77 Å². The van der Waals surface area contributed by atoms with Crippen LogP contribution in [0.4, 0.5) is 18.9 Å². The second-order valence-electron chi connectivity index (χ2n) is 6.53. The van der Waals surface area contributed by atoms with Gasteiger partial charge in [-0.25, -0.2) is 0 Å². The molecule has 0 atom stereocenters. The summed E-state index contributed by atoms with van der Waals surface area (Å²) < 4.78 is 45.1. The van der Waals surface area contributed by atoms with Gasteiger partial charge >= 0.3 is 6.18 Å². The number of ether oxygens (including phenoxy) is 1. The zero-order valence-corrected chi connectivity index (χ0v) is 16.7. The van der Waals surface area contributed by atoms with Crippen LogP contribution in [0.1, 0.15) is 22.3 Å². The number of nitrogens with one attached hydrogen (secondary N) is 2. The van der Waals surface area contributed by atoms with E-state index in [1.54, 1.807) is 7.11 Å². The molecular weight excluding hydrogens is 419 g/mol. The zero-order valence-electron chi connectivity index (χ0n) is 15.9. The first-order valence-corrected chi connectivity index (χ1v) is 9.36. The molecular formula is C20H18F3N3O3S. The van der Waals surface area contributed by atoms with Crippen LogP contribution in [-0.4, -0.2) is 29.2 Å². The maximum atomic E-state index is 12.8. The van der Waals surface area contributed by atoms with Crippen molar-refractivity contribution in [1.29, 1.82) is 0 Å². The summed E-state index contributed by atoms with van der Waals surface area (Å²) in [6.45, 7) is 0.865. The molecule has 6 nitrogen and oxygen atoms in total. The van der Waals surface area contributed by atoms with Gasteiger partial charge in [-0.05, 0) is 55.0 Å². The number of rotatable bonds is 6. The summed E-state index contributed by atoms with van der Waals surface area (Å²) in [6.07, 6.45) is -3.90. The molecule has 3 rings (SSSR count). The molecule has 0 bridgehead atoms. The number of carbonyl (C=O) groups is 1. The third-order valence-corrected chi connectivity index (χ3v) is 4.74. The highest BCUT2D eigenvalue weighted by molar-refractivity contribution is 7.71. The molecule has 0 aliphatic carbocycles. The van der Waals surface area contributed by atoms with Crippen LogP contribution >= 0.6 is 12.2 Å². The lowest BCUT2D eigenvalue weighted by molar-refractivity contribution is -0.137. The third kappa shape index (κ3) is 4.77. The van der Waals surface area contributed by atoms with Crippen molar-refractivity contribution in [3.8, 4) is 0 Å². The second-order valence-corrected chi connectivity index (χ2v) is 6.91. The molecule has 1 heterocycles. The normalized spacial score (nSPS) is 11.6. The van der Waals surface area contributed by atoms with Crippen molar-refractivity contribution in [3.63, 3.8) is 0 Å². The highest BCUT2D eigenvalue weighted by Gasteiger charge is 2.30. The number of nitrogens with zero attached hydrogens (tertiary/aromatic N) is 1. The number of fused-ring (bicyclic) bond motifs is 1. The van der Waals surface area contributed by atoms with Gasteiger partial charge in [0.05, 0.1) is 16.5 Å². The number of hydrogen-bond acceptors (Lipinski definition) is 4. The van der Waals surface area contributed by atoms with Crippen molar-refractivity contribution < 1.29 is 22.7 Å². The van der Waals surface area contributed by atoms with Crippen LogP contribution in [0.3, 0.4) is 0 Å². The van der Waals surface area contributed by atoms with Gasteiger partial charge in [0.2, 0.25) is 0 Å². The number of hydrogen-bond donors (Lipinski definition) is 2. The van der Waals surface area contributed by atoms with E-state index in [0.29, 0.717) is 30.5 Å². The van der Waals surface area contributed by atoms with E-state index >= 15 is 0 Å². The number of methoxy groups -OCH3 is 1. The third-order valence-electron chi connectivity index (χ3n) is 4.42. The summed E-state index contributed by atoms with van der Waals surface area (Å²) in [5.74, 6) is -0.611. The fourth-order valence-electron chi connectivity index (χ4n) is 2.94. The Morgan fingerprint density at radius 2 is 2.00 bits per heavy atom. The first kappa shape index (κ1) is 21.7. The molecule has 0 aliphatic rings. The average molecular weight is 437 g/mol. The Hall–Kier alpha value is -2.98. The molecule has 0 spiro atoms. The van der Waals surface area contributed by atoms with E-state index in [2.05, 4.69) is 10.3 Å². The van der Waals surface area contributed by atoms with Crippen molar-refractivity contribution >= 4 is 34.7 Å². The van der Waals surface area contributed by atoms with Gasteiger partial charge in [0, 0.05) is 31.5 Å². The van der Waals surface area contributed by atoms with E-state index in [-0.39, 0.29) is 21.6 Å². The molecule has 0 aliphatic heterocycles. The van der Waals surface area contributed by atoms with Gasteiger partial charge in [-0.1, -0.05) is 6.07 Å². The molecule has 0 saturated carbocycles. The summed E-state index contributed by atoms with van der Waals surface area (Å²) in [4.78, 5) is 28.1. The summed E-state index contributed by atoms with van der Waals surface area (Å²) >= 11 is 5.24. The monoisotopic (exact) mass is 437 g/mol. The fourth-order valence-corrected chi connectivity index (χ4v) is 3.23. The first-order chi connectivity index (χ1) is 14.2. The topological polar surface area (TPSA) is 76.1 Å². The van der Waals surface area contributed by atoms with Gasteiger partial charge in [0.1, 0.15) is 0 Å². The van der Waals surface area contributed by atoms with Gasteiger partial charge in [-0.15, -0.1) is 0 Å². The number of alkyl halides is 3. The lowest BCUT2D eigenvalue weighted by Gasteiger charge is -2.11. The van der Waals surface area contributed by atoms with Gasteiger partial charge in [0.15, 0.2) is 4.77 Å². The number of aromatic amines is 1. The van der Waals surface area contributed by atoms with Crippen LogP contribution in [0.25, 0.3) is 10.9 Å². The Kier molecular flexibility index (Phi) is 6.37. The summed E-state index contributed by atoms with van der Waals surface area (Å²) in [6, 6.07) is 8.70. The molecule has 3 aromatic rings. The number of carbonyl (C=O) groups excluding carboxylic acids is 1. The predicted octanol–water partition coefficient (Wildman–Crippen LogP) is 4.37. The Labute approximate surface area is 174 Å². The van der Waals surface area contributed by atoms with Crippen LogP contribution in [0.15, 0.2) is 47.3 Å². The number of benzene rings is 2. The molecule has 1 amide bonds. The molecule has 158 valence electrons. The Bertz CT molecular complexity index is 1200. The SMILES string of the molecule is COCCCn1c(=S)[nH]c2cc(C(=O)Nc3cccc(C(F)(F)F)c3)ccc2c1=O. The zero-order chi connectivity index (χ0) is 21.9. The highest BCUT2D eigenvalue weighted by Crippen LogP contribution is 2.30. The second kappa shape index (κ2) is 8.80. The van der Waals surface area contributed by atoms with E-state index in [1.807, 2.05) is 0 Å². The quantitative estimate of drug-likeness (QED) is 0.444. The highest BCUT2D eigenvalue weighted by atomic mass is 32.1. The molecule has 0 saturated heterocycles. The van der Waals surface area contributed by atoms with Crippen LogP contribution in [0.2, 0.25) is 0 Å². The summed E-state index contributed by atoms with van der Waals surface area (Å²) in [7, 11) is 1.57. The van der Waals surface area contributed by atoms with Crippen molar-refractivity contribution in [3.05, 3.63) is 68.7 Å². The minimum Gasteiger partial charge on any atom is -0.385 e. The van der Waals surface area contributed by atoms with E-state index in [9.17, 15) is 22.8 Å². The van der Waals surface area contributed by atoms with E-state index in [1.165, 1.54) is 34.9 Å². The van der Waals surface area contributed by atoms with E-state index in [4.69, 9.17) is 17.0 Å². The predicted molar refractivity (Wildman–Crippen MR) is 109 cm³/mol.